The number of aryl methyl sites for hydroxylation is 1. The lowest BCUT2D eigenvalue weighted by atomic mass is 10.1. The number of amides is 1. The molecule has 8 heteroatoms. The van der Waals surface area contributed by atoms with E-state index in [4.69, 9.17) is 4.98 Å². The molecule has 0 aliphatic carbocycles. The summed E-state index contributed by atoms with van der Waals surface area (Å²) < 4.78 is 0. The molecule has 5 aromatic rings. The van der Waals surface area contributed by atoms with Gasteiger partial charge in [0.15, 0.2) is 5.82 Å². The quantitative estimate of drug-likeness (QED) is 0.344. The number of carbonyl (C=O) groups is 1. The number of rotatable bonds is 6. The number of nitrogens with zero attached hydrogens (tertiary/aromatic N) is 4. The van der Waals surface area contributed by atoms with Crippen molar-refractivity contribution in [2.75, 3.05) is 18.4 Å². The molecule has 8 nitrogen and oxygen atoms in total. The molecule has 2 aromatic carbocycles. The van der Waals surface area contributed by atoms with E-state index in [1.165, 1.54) is 0 Å². The summed E-state index contributed by atoms with van der Waals surface area (Å²) in [6.07, 6.45) is 3.53. The van der Waals surface area contributed by atoms with E-state index >= 15 is 0 Å². The lowest BCUT2D eigenvalue weighted by Gasteiger charge is -2.18. The Morgan fingerprint density at radius 2 is 1.88 bits per heavy atom. The molecule has 0 fully saturated rings. The van der Waals surface area contributed by atoms with E-state index in [1.54, 1.807) is 12.4 Å². The molecule has 3 heterocycles. The summed E-state index contributed by atoms with van der Waals surface area (Å²) in [4.78, 5) is 27.2. The maximum absolute atomic E-state index is 12.9. The number of carbonyl (C=O) groups excluding carboxylic acids is 1. The Morgan fingerprint density at radius 1 is 1.06 bits per heavy atom. The number of hydrogen-bond acceptors (Lipinski definition) is 5. The van der Waals surface area contributed by atoms with Crippen molar-refractivity contribution in [3.05, 3.63) is 66.1 Å². The van der Waals surface area contributed by atoms with E-state index in [0.717, 1.165) is 38.6 Å². The zero-order chi connectivity index (χ0) is 22.9. The van der Waals surface area contributed by atoms with E-state index in [9.17, 15) is 4.79 Å². The van der Waals surface area contributed by atoms with Gasteiger partial charge >= 0.3 is 0 Å². The van der Waals surface area contributed by atoms with Gasteiger partial charge in [0, 0.05) is 46.8 Å². The van der Waals surface area contributed by atoms with Crippen LogP contribution in [0.5, 0.6) is 0 Å². The number of hydrogen-bond donors (Lipinski definition) is 3. The minimum Gasteiger partial charge on any atom is -0.350 e. The van der Waals surface area contributed by atoms with Gasteiger partial charge in [-0.2, -0.15) is 5.10 Å². The van der Waals surface area contributed by atoms with Gasteiger partial charge in [-0.15, -0.1) is 0 Å². The van der Waals surface area contributed by atoms with Crippen LogP contribution in [0.25, 0.3) is 33.2 Å². The van der Waals surface area contributed by atoms with Crippen molar-refractivity contribution < 1.29 is 4.79 Å². The van der Waals surface area contributed by atoms with Crippen molar-refractivity contribution >= 4 is 39.2 Å². The van der Waals surface area contributed by atoms with Crippen molar-refractivity contribution in [2.24, 2.45) is 0 Å². The van der Waals surface area contributed by atoms with Crippen LogP contribution in [0.1, 0.15) is 29.9 Å². The zero-order valence-corrected chi connectivity index (χ0v) is 18.8. The molecule has 3 aromatic heterocycles. The molecule has 0 bridgehead atoms. The molecule has 1 amide bonds. The highest BCUT2D eigenvalue weighted by atomic mass is 16.2. The number of aromatic nitrogens is 5. The zero-order valence-electron chi connectivity index (χ0n) is 18.8. The van der Waals surface area contributed by atoms with Crippen LogP contribution in [-0.4, -0.2) is 49.0 Å². The lowest BCUT2D eigenvalue weighted by Crippen LogP contribution is -2.31. The summed E-state index contributed by atoms with van der Waals surface area (Å²) in [6, 6.07) is 13.8. The number of fused-ring (bicyclic) bond motifs is 2. The number of nitrogens with one attached hydrogen (secondary N) is 3. The van der Waals surface area contributed by atoms with Crippen molar-refractivity contribution in [3.8, 4) is 11.4 Å². The molecule has 5 rings (SSSR count). The Hall–Kier alpha value is -4.20. The van der Waals surface area contributed by atoms with Crippen LogP contribution in [-0.2, 0) is 0 Å². The van der Waals surface area contributed by atoms with Crippen molar-refractivity contribution in [3.63, 3.8) is 0 Å². The fraction of sp³-hybridized carbons (Fsp3) is 0.200. The first-order valence-electron chi connectivity index (χ1n) is 11.0. The highest BCUT2D eigenvalue weighted by Gasteiger charge is 2.19. The van der Waals surface area contributed by atoms with Gasteiger partial charge in [0.05, 0.1) is 11.7 Å². The molecule has 0 aliphatic heterocycles. The van der Waals surface area contributed by atoms with Crippen LogP contribution in [0, 0.1) is 6.92 Å². The minimum atomic E-state index is 0.0206. The first-order valence-corrected chi connectivity index (χ1v) is 11.0. The summed E-state index contributed by atoms with van der Waals surface area (Å²) in [6.45, 7) is 7.31. The molecule has 0 unspecified atom stereocenters. The Bertz CT molecular complexity index is 1460. The highest BCUT2D eigenvalue weighted by molar-refractivity contribution is 6.01. The van der Waals surface area contributed by atoms with Crippen LogP contribution in [0.2, 0.25) is 0 Å². The lowest BCUT2D eigenvalue weighted by molar-refractivity contribution is 0.0767. The standard InChI is InChI=1S/C25H25N7O/c1-4-32(5-2)25(33)23-15(3)19-13-16(6-8-21(19)29-23)24-26-11-10-22(30-24)28-18-7-9-20-17(12-18)14-27-31-20/h6-14,29H,4-5H2,1-3H3,(H,27,31)(H,26,28,30). The summed E-state index contributed by atoms with van der Waals surface area (Å²) >= 11 is 0. The molecular formula is C25H25N7O. The number of benzene rings is 2. The van der Waals surface area contributed by atoms with Crippen molar-refractivity contribution in [1.29, 1.82) is 0 Å². The monoisotopic (exact) mass is 439 g/mol. The van der Waals surface area contributed by atoms with Crippen LogP contribution < -0.4 is 5.32 Å². The average Bonchev–Trinajstić information content (AvgIpc) is 3.43. The predicted molar refractivity (Wildman–Crippen MR) is 131 cm³/mol. The van der Waals surface area contributed by atoms with Gasteiger partial charge in [-0.3, -0.25) is 9.89 Å². The fourth-order valence-electron chi connectivity index (χ4n) is 4.08. The first-order chi connectivity index (χ1) is 16.1. The van der Waals surface area contributed by atoms with Gasteiger partial charge < -0.3 is 15.2 Å². The maximum Gasteiger partial charge on any atom is 0.270 e. The molecule has 0 radical (unpaired) electrons. The third-order valence-electron chi connectivity index (χ3n) is 5.95. The highest BCUT2D eigenvalue weighted by Crippen LogP contribution is 2.28. The molecule has 0 aliphatic rings. The van der Waals surface area contributed by atoms with Crippen molar-refractivity contribution in [2.45, 2.75) is 20.8 Å². The van der Waals surface area contributed by atoms with E-state index < -0.39 is 0 Å². The molecule has 0 spiro atoms. The van der Waals surface area contributed by atoms with Gasteiger partial charge in [0.1, 0.15) is 11.5 Å². The van der Waals surface area contributed by atoms with Crippen LogP contribution >= 0.6 is 0 Å². The van der Waals surface area contributed by atoms with E-state index in [1.807, 2.05) is 68.1 Å². The van der Waals surface area contributed by atoms with Crippen LogP contribution in [0.3, 0.4) is 0 Å². The second kappa shape index (κ2) is 8.38. The molecule has 0 saturated carbocycles. The summed E-state index contributed by atoms with van der Waals surface area (Å²) in [5.41, 5.74) is 5.29. The van der Waals surface area contributed by atoms with Gasteiger partial charge in [-0.05, 0) is 68.8 Å². The molecule has 0 saturated heterocycles. The maximum atomic E-state index is 12.9. The second-order valence-electron chi connectivity index (χ2n) is 7.93. The summed E-state index contributed by atoms with van der Waals surface area (Å²) in [7, 11) is 0. The topological polar surface area (TPSA) is 103 Å². The van der Waals surface area contributed by atoms with Crippen LogP contribution in [0.4, 0.5) is 11.5 Å². The Balaban J connectivity index is 1.46. The average molecular weight is 440 g/mol. The van der Waals surface area contributed by atoms with Gasteiger partial charge in [0.2, 0.25) is 0 Å². The first kappa shape index (κ1) is 20.7. The third-order valence-corrected chi connectivity index (χ3v) is 5.95. The summed E-state index contributed by atoms with van der Waals surface area (Å²) in [5.74, 6) is 1.34. The molecule has 33 heavy (non-hydrogen) atoms. The number of H-pyrrole nitrogens is 2. The SMILES string of the molecule is CCN(CC)C(=O)c1[nH]c2ccc(-c3nccc(Nc4ccc5[nH]ncc5c4)n3)cc2c1C. The van der Waals surface area contributed by atoms with Crippen LogP contribution in [0.15, 0.2) is 54.9 Å². The largest absolute Gasteiger partial charge is 0.350 e. The molecule has 166 valence electrons. The Kier molecular flexibility index (Phi) is 5.26. The number of aromatic amines is 2. The summed E-state index contributed by atoms with van der Waals surface area (Å²) in [5, 5.41) is 12.4. The Morgan fingerprint density at radius 3 is 2.70 bits per heavy atom. The smallest absolute Gasteiger partial charge is 0.270 e. The molecule has 0 atom stereocenters. The second-order valence-corrected chi connectivity index (χ2v) is 7.93. The third kappa shape index (κ3) is 3.80. The minimum absolute atomic E-state index is 0.0206. The van der Waals surface area contributed by atoms with Gasteiger partial charge in [-0.25, -0.2) is 9.97 Å². The van der Waals surface area contributed by atoms with E-state index in [0.29, 0.717) is 30.4 Å². The molecule has 3 N–H and O–H groups in total. The van der Waals surface area contributed by atoms with Gasteiger partial charge in [0.25, 0.3) is 5.91 Å². The predicted octanol–water partition coefficient (Wildman–Crippen LogP) is 5.04. The molecular weight excluding hydrogens is 414 g/mol. The normalized spacial score (nSPS) is 11.2. The Labute approximate surface area is 191 Å². The van der Waals surface area contributed by atoms with Crippen molar-refractivity contribution in [1.82, 2.24) is 30.0 Å². The fourth-order valence-corrected chi connectivity index (χ4v) is 4.08. The van der Waals surface area contributed by atoms with E-state index in [2.05, 4.69) is 25.5 Å². The van der Waals surface area contributed by atoms with Gasteiger partial charge in [-0.1, -0.05) is 0 Å². The number of anilines is 2. The van der Waals surface area contributed by atoms with E-state index in [-0.39, 0.29) is 5.91 Å².